The van der Waals surface area contributed by atoms with Crippen LogP contribution in [0, 0.1) is 18.5 Å². The van der Waals surface area contributed by atoms with E-state index in [0.29, 0.717) is 11.4 Å². The van der Waals surface area contributed by atoms with Crippen molar-refractivity contribution in [2.45, 2.75) is 0 Å². The Bertz CT molecular complexity index is 833. The molecule has 2 N–H and O–H groups in total. The Morgan fingerprint density at radius 2 is 1.80 bits per heavy atom. The maximum absolute atomic E-state index is 12.3. The molecule has 0 fully saturated rings. The molecule has 128 valence electrons. The lowest BCUT2D eigenvalue weighted by Gasteiger charge is -2.09. The predicted molar refractivity (Wildman–Crippen MR) is 117 cm³/mol. The van der Waals surface area contributed by atoms with E-state index in [1.54, 1.807) is 37.5 Å². The van der Waals surface area contributed by atoms with Gasteiger partial charge in [-0.25, -0.2) is 0 Å². The molecule has 2 aromatic rings. The smallest absolute Gasteiger partial charge is 0.266 e. The second kappa shape index (κ2) is 9.05. The normalized spacial score (nSPS) is 10.8. The number of amides is 1. The quantitative estimate of drug-likeness (QED) is 0.322. The van der Waals surface area contributed by atoms with Gasteiger partial charge in [-0.05, 0) is 93.2 Å². The summed E-state index contributed by atoms with van der Waals surface area (Å²) in [6.45, 7) is 0. The van der Waals surface area contributed by atoms with E-state index in [4.69, 9.17) is 4.74 Å². The minimum atomic E-state index is -0.449. The van der Waals surface area contributed by atoms with Crippen molar-refractivity contribution in [1.82, 2.24) is 0 Å². The number of methoxy groups -OCH3 is 1. The molecular formula is C18H15I2N3O2. The molecule has 0 bridgehead atoms. The van der Waals surface area contributed by atoms with Gasteiger partial charge in [-0.2, -0.15) is 5.26 Å². The lowest BCUT2D eigenvalue weighted by molar-refractivity contribution is -0.112. The number of nitrogens with one attached hydrogen (secondary N) is 2. The van der Waals surface area contributed by atoms with Crippen LogP contribution in [0.1, 0.15) is 5.56 Å². The molecule has 0 heterocycles. The Kier molecular flexibility index (Phi) is 7.07. The van der Waals surface area contributed by atoms with Gasteiger partial charge >= 0.3 is 0 Å². The predicted octanol–water partition coefficient (Wildman–Crippen LogP) is 4.49. The van der Waals surface area contributed by atoms with Gasteiger partial charge < -0.3 is 15.4 Å². The second-order valence-electron chi connectivity index (χ2n) is 4.96. The molecule has 0 spiro atoms. The van der Waals surface area contributed by atoms with Crippen LogP contribution in [0.15, 0.2) is 42.0 Å². The highest BCUT2D eigenvalue weighted by Crippen LogP contribution is 2.27. The number of rotatable bonds is 5. The first-order valence-electron chi connectivity index (χ1n) is 7.22. The summed E-state index contributed by atoms with van der Waals surface area (Å²) in [6.07, 6.45) is 1.59. The maximum Gasteiger partial charge on any atom is 0.266 e. The standard InChI is InChI=1S/C18H15I2N3O2/c1-22-17-15(19)8-11(9-16(17)20)7-12(10-21)18(24)23-13-3-5-14(25-2)6-4-13/h3-9,22H,1-2H3,(H,23,24)/b12-7-. The van der Waals surface area contributed by atoms with Crippen LogP contribution >= 0.6 is 45.2 Å². The fraction of sp³-hybridized carbons (Fsp3) is 0.111. The molecule has 0 aliphatic rings. The third kappa shape index (κ3) is 5.09. The fourth-order valence-corrected chi connectivity index (χ4v) is 4.46. The monoisotopic (exact) mass is 559 g/mol. The van der Waals surface area contributed by atoms with E-state index in [9.17, 15) is 10.1 Å². The lowest BCUT2D eigenvalue weighted by Crippen LogP contribution is -2.13. The lowest BCUT2D eigenvalue weighted by atomic mass is 10.1. The zero-order valence-corrected chi connectivity index (χ0v) is 17.9. The molecule has 1 amide bonds. The fourth-order valence-electron chi connectivity index (χ4n) is 2.10. The van der Waals surface area contributed by atoms with Crippen molar-refractivity contribution >= 4 is 68.5 Å². The van der Waals surface area contributed by atoms with Gasteiger partial charge in [-0.3, -0.25) is 4.79 Å². The van der Waals surface area contributed by atoms with E-state index < -0.39 is 5.91 Å². The highest BCUT2D eigenvalue weighted by atomic mass is 127. The first kappa shape index (κ1) is 19.5. The number of hydrogen-bond acceptors (Lipinski definition) is 4. The Morgan fingerprint density at radius 1 is 1.20 bits per heavy atom. The molecule has 2 rings (SSSR count). The van der Waals surface area contributed by atoms with E-state index in [1.807, 2.05) is 25.2 Å². The highest BCUT2D eigenvalue weighted by molar-refractivity contribution is 14.1. The SMILES string of the molecule is CNc1c(I)cc(/C=C(/C#N)C(=O)Nc2ccc(OC)cc2)cc1I. The summed E-state index contributed by atoms with van der Waals surface area (Å²) < 4.78 is 7.12. The van der Waals surface area contributed by atoms with Gasteiger partial charge in [-0.1, -0.05) is 0 Å². The summed E-state index contributed by atoms with van der Waals surface area (Å²) in [5, 5.41) is 15.2. The Hall–Kier alpha value is -1.80. The molecule has 0 aliphatic carbocycles. The number of carbonyl (C=O) groups is 1. The summed E-state index contributed by atoms with van der Waals surface area (Å²) in [5.74, 6) is 0.248. The average molecular weight is 559 g/mol. The van der Waals surface area contributed by atoms with E-state index in [1.165, 1.54) is 0 Å². The number of ether oxygens (including phenoxy) is 1. The van der Waals surface area contributed by atoms with Crippen molar-refractivity contribution in [3.05, 3.63) is 54.7 Å². The first-order chi connectivity index (χ1) is 12.0. The van der Waals surface area contributed by atoms with Gasteiger partial charge in [0.25, 0.3) is 5.91 Å². The van der Waals surface area contributed by atoms with Crippen LogP contribution in [0.2, 0.25) is 0 Å². The van der Waals surface area contributed by atoms with Gasteiger partial charge in [0.1, 0.15) is 17.4 Å². The molecular weight excluding hydrogens is 544 g/mol. The largest absolute Gasteiger partial charge is 0.497 e. The zero-order chi connectivity index (χ0) is 18.4. The Labute approximate surface area is 173 Å². The van der Waals surface area contributed by atoms with Crippen molar-refractivity contribution in [3.63, 3.8) is 0 Å². The highest BCUT2D eigenvalue weighted by Gasteiger charge is 2.11. The van der Waals surface area contributed by atoms with E-state index >= 15 is 0 Å². The number of nitriles is 1. The number of nitrogens with zero attached hydrogens (tertiary/aromatic N) is 1. The van der Waals surface area contributed by atoms with Gasteiger partial charge in [0, 0.05) is 19.9 Å². The molecule has 0 aromatic heterocycles. The van der Waals surface area contributed by atoms with Crippen LogP contribution in [-0.4, -0.2) is 20.1 Å². The molecule has 7 heteroatoms. The number of hydrogen-bond donors (Lipinski definition) is 2. The molecule has 0 saturated carbocycles. The summed E-state index contributed by atoms with van der Waals surface area (Å²) in [5.41, 5.74) is 2.47. The molecule has 5 nitrogen and oxygen atoms in total. The van der Waals surface area contributed by atoms with Gasteiger partial charge in [0.2, 0.25) is 0 Å². The number of carbonyl (C=O) groups excluding carboxylic acids is 1. The minimum Gasteiger partial charge on any atom is -0.497 e. The zero-order valence-electron chi connectivity index (χ0n) is 13.6. The summed E-state index contributed by atoms with van der Waals surface area (Å²) >= 11 is 4.44. The third-order valence-corrected chi connectivity index (χ3v) is 5.04. The van der Waals surface area contributed by atoms with E-state index in [-0.39, 0.29) is 5.57 Å². The maximum atomic E-state index is 12.3. The van der Waals surface area contributed by atoms with Crippen LogP contribution in [-0.2, 0) is 4.79 Å². The molecule has 2 aromatic carbocycles. The second-order valence-corrected chi connectivity index (χ2v) is 7.29. The first-order valence-corrected chi connectivity index (χ1v) is 9.38. The number of anilines is 2. The van der Waals surface area contributed by atoms with E-state index in [0.717, 1.165) is 18.4 Å². The van der Waals surface area contributed by atoms with Gasteiger partial charge in [0.05, 0.1) is 12.8 Å². The van der Waals surface area contributed by atoms with Crippen LogP contribution in [0.5, 0.6) is 5.75 Å². The van der Waals surface area contributed by atoms with Crippen LogP contribution in [0.25, 0.3) is 6.08 Å². The van der Waals surface area contributed by atoms with Crippen molar-refractivity contribution in [1.29, 1.82) is 5.26 Å². The molecule has 0 atom stereocenters. The third-order valence-electron chi connectivity index (χ3n) is 3.34. The van der Waals surface area contributed by atoms with Gasteiger partial charge in [-0.15, -0.1) is 0 Å². The van der Waals surface area contributed by atoms with Crippen LogP contribution < -0.4 is 15.4 Å². The van der Waals surface area contributed by atoms with Crippen molar-refractivity contribution in [2.75, 3.05) is 24.8 Å². The molecule has 0 radical (unpaired) electrons. The van der Waals surface area contributed by atoms with E-state index in [2.05, 4.69) is 55.8 Å². The molecule has 0 unspecified atom stereocenters. The van der Waals surface area contributed by atoms with Gasteiger partial charge in [0.15, 0.2) is 0 Å². The van der Waals surface area contributed by atoms with Crippen molar-refractivity contribution in [3.8, 4) is 11.8 Å². The molecule has 0 saturated heterocycles. The van der Waals surface area contributed by atoms with Crippen molar-refractivity contribution < 1.29 is 9.53 Å². The number of halogens is 2. The number of benzene rings is 2. The Morgan fingerprint density at radius 3 is 2.28 bits per heavy atom. The Balaban J connectivity index is 2.24. The topological polar surface area (TPSA) is 74.2 Å². The molecule has 25 heavy (non-hydrogen) atoms. The summed E-state index contributed by atoms with van der Waals surface area (Å²) in [6, 6.07) is 12.7. The average Bonchev–Trinajstić information content (AvgIpc) is 2.60. The van der Waals surface area contributed by atoms with Crippen LogP contribution in [0.4, 0.5) is 11.4 Å². The van der Waals surface area contributed by atoms with Crippen molar-refractivity contribution in [2.24, 2.45) is 0 Å². The van der Waals surface area contributed by atoms with Crippen LogP contribution in [0.3, 0.4) is 0 Å². The summed E-state index contributed by atoms with van der Waals surface area (Å²) in [7, 11) is 3.43. The summed E-state index contributed by atoms with van der Waals surface area (Å²) in [4.78, 5) is 12.3. The minimum absolute atomic E-state index is 0.0413. The molecule has 0 aliphatic heterocycles.